The first-order valence-electron chi connectivity index (χ1n) is 0. The number of hydrogen-bond donors (Lipinski definition) is 0. The Morgan fingerprint density at radius 3 is 0.250 bits per heavy atom. The molecule has 0 aromatic rings. The molecule has 38 valence electrons. The van der Waals surface area contributed by atoms with Crippen molar-refractivity contribution in [3.63, 3.8) is 0 Å². The molecule has 0 aliphatic rings. The zero-order valence-electron chi connectivity index (χ0n) is 4.62. The first-order chi connectivity index (χ1) is 0. The molecule has 6 radical (unpaired) electrons. The maximum atomic E-state index is 0. The third-order valence-corrected chi connectivity index (χ3v) is 0. The molecule has 0 spiro atoms. The molecular formula is H6Sn3Zr5. The summed E-state index contributed by atoms with van der Waals surface area (Å²) in [5.41, 5.74) is 0. The molecule has 0 aliphatic heterocycles. The quantitative estimate of drug-likeness (QED) is 0.233. The smallest absolute Gasteiger partial charge is 0 e. The molecular weight excluding hydrogens is 812 g/mol. The van der Waals surface area contributed by atoms with Crippen LogP contribution in [0.15, 0.2) is 0 Å². The van der Waals surface area contributed by atoms with Gasteiger partial charge >= 0.3 is 71.7 Å². The Labute approximate surface area is 197 Å². The Balaban J connectivity index is 0. The predicted octanol–water partition coefficient (Wildman–Crippen LogP) is -2.76. The molecule has 8 heteroatoms. The first-order valence-corrected chi connectivity index (χ1v) is 0. The summed E-state index contributed by atoms with van der Waals surface area (Å²) in [7, 11) is 0. The third kappa shape index (κ3) is 38.5. The van der Waals surface area contributed by atoms with E-state index in [1.807, 2.05) is 0 Å². The molecule has 0 heterocycles. The maximum Gasteiger partial charge on any atom is 0 e. The van der Waals surface area contributed by atoms with Crippen molar-refractivity contribution in [1.82, 2.24) is 0 Å². The fourth-order valence-electron chi connectivity index (χ4n) is 0. The standard InChI is InChI=1S/3Sn.5Zr.6H. The van der Waals surface area contributed by atoms with Gasteiger partial charge in [0.25, 0.3) is 0 Å². The van der Waals surface area contributed by atoms with E-state index in [0.29, 0.717) is 0 Å². The predicted molar refractivity (Wildman–Crippen MR) is 25.6 cm³/mol. The van der Waals surface area contributed by atoms with Gasteiger partial charge in [0.15, 0.2) is 0 Å². The normalized spacial score (nSPS) is 0. The molecule has 0 fully saturated rings. The summed E-state index contributed by atoms with van der Waals surface area (Å²) in [5, 5.41) is 0. The largest absolute Gasteiger partial charge is 0 e. The van der Waals surface area contributed by atoms with Gasteiger partial charge in [-0.3, -0.25) is 0 Å². The van der Waals surface area contributed by atoms with Crippen LogP contribution in [-0.4, -0.2) is 71.7 Å². The second-order valence-corrected chi connectivity index (χ2v) is 0. The van der Waals surface area contributed by atoms with E-state index < -0.39 is 0 Å². The summed E-state index contributed by atoms with van der Waals surface area (Å²) >= 11 is 0. The van der Waals surface area contributed by atoms with Crippen LogP contribution in [0.4, 0.5) is 0 Å². The summed E-state index contributed by atoms with van der Waals surface area (Å²) < 4.78 is 0. The van der Waals surface area contributed by atoms with Gasteiger partial charge in [-0.05, 0) is 0 Å². The van der Waals surface area contributed by atoms with Crippen molar-refractivity contribution in [3.05, 3.63) is 0 Å². The Morgan fingerprint density at radius 2 is 0.250 bits per heavy atom. The van der Waals surface area contributed by atoms with Crippen LogP contribution in [0.5, 0.6) is 0 Å². The zero-order chi connectivity index (χ0) is 0. The molecule has 0 aromatic heterocycles. The molecule has 0 aliphatic carbocycles. The van der Waals surface area contributed by atoms with Gasteiger partial charge in [-0.2, -0.15) is 0 Å². The van der Waals surface area contributed by atoms with Crippen molar-refractivity contribution in [2.75, 3.05) is 0 Å². The molecule has 0 saturated heterocycles. The van der Waals surface area contributed by atoms with E-state index in [2.05, 4.69) is 0 Å². The second kappa shape index (κ2) is 48.9. The summed E-state index contributed by atoms with van der Waals surface area (Å²) in [4.78, 5) is 0. The van der Waals surface area contributed by atoms with Crippen LogP contribution in [0.25, 0.3) is 0 Å². The maximum absolute atomic E-state index is 0. The molecule has 0 bridgehead atoms. The van der Waals surface area contributed by atoms with Gasteiger partial charge in [0.2, 0.25) is 0 Å². The average molecular weight is 818 g/mol. The fraction of sp³-hybridized carbons (Fsp3) is 0. The van der Waals surface area contributed by atoms with Crippen LogP contribution in [0.1, 0.15) is 0 Å². The minimum atomic E-state index is 0. The minimum Gasteiger partial charge on any atom is 0 e. The molecule has 0 atom stereocenters. The molecule has 0 unspecified atom stereocenters. The van der Waals surface area contributed by atoms with Crippen molar-refractivity contribution < 1.29 is 131 Å². The van der Waals surface area contributed by atoms with E-state index in [0.717, 1.165) is 0 Å². The van der Waals surface area contributed by atoms with Gasteiger partial charge in [0.1, 0.15) is 0 Å². The van der Waals surface area contributed by atoms with E-state index in [4.69, 9.17) is 0 Å². The molecule has 0 N–H and O–H groups in total. The van der Waals surface area contributed by atoms with Gasteiger partial charge in [-0.1, -0.05) is 0 Å². The van der Waals surface area contributed by atoms with E-state index in [1.54, 1.807) is 0 Å². The van der Waals surface area contributed by atoms with Gasteiger partial charge in [-0.25, -0.2) is 0 Å². The molecule has 0 rings (SSSR count). The number of hydrogen-bond acceptors (Lipinski definition) is 0. The van der Waals surface area contributed by atoms with Gasteiger partial charge in [-0.15, -0.1) is 0 Å². The van der Waals surface area contributed by atoms with E-state index in [9.17, 15) is 0 Å². The SMILES string of the molecule is [SnH2].[SnH2].[SnH2].[Zr].[Zr].[Zr].[Zr].[Zr]. The Kier molecular flexibility index (Phi) is 372. The van der Waals surface area contributed by atoms with Crippen molar-refractivity contribution in [2.45, 2.75) is 0 Å². The minimum absolute atomic E-state index is 0. The van der Waals surface area contributed by atoms with Crippen molar-refractivity contribution in [3.8, 4) is 0 Å². The Morgan fingerprint density at radius 1 is 0.250 bits per heavy atom. The van der Waals surface area contributed by atoms with Gasteiger partial charge in [0, 0.05) is 131 Å². The van der Waals surface area contributed by atoms with Crippen LogP contribution >= 0.6 is 0 Å². The monoisotopic (exact) mass is 815 g/mol. The van der Waals surface area contributed by atoms with Crippen molar-refractivity contribution in [1.29, 1.82) is 0 Å². The van der Waals surface area contributed by atoms with Gasteiger partial charge in [0.05, 0.1) is 0 Å². The molecule has 0 nitrogen and oxygen atoms in total. The van der Waals surface area contributed by atoms with Gasteiger partial charge < -0.3 is 0 Å². The van der Waals surface area contributed by atoms with Crippen LogP contribution < -0.4 is 0 Å². The van der Waals surface area contributed by atoms with Crippen molar-refractivity contribution in [2.24, 2.45) is 0 Å². The first kappa shape index (κ1) is 60.9. The average Bonchev–Trinajstić information content (AvgIpc) is 0. The third-order valence-electron chi connectivity index (χ3n) is 0. The summed E-state index contributed by atoms with van der Waals surface area (Å²) in [6.45, 7) is 0. The molecule has 0 aromatic carbocycles. The van der Waals surface area contributed by atoms with Crippen LogP contribution in [-0.2, 0) is 131 Å². The topological polar surface area (TPSA) is 0 Å². The second-order valence-electron chi connectivity index (χ2n) is 0. The number of rotatable bonds is 0. The van der Waals surface area contributed by atoms with E-state index >= 15 is 0 Å². The van der Waals surface area contributed by atoms with Crippen LogP contribution in [0.3, 0.4) is 0 Å². The molecule has 0 saturated carbocycles. The Bertz CT molecular complexity index is 7.64. The summed E-state index contributed by atoms with van der Waals surface area (Å²) in [5.74, 6) is 0. The van der Waals surface area contributed by atoms with Crippen molar-refractivity contribution >= 4 is 71.7 Å². The summed E-state index contributed by atoms with van der Waals surface area (Å²) in [6.07, 6.45) is 0. The zero-order valence-corrected chi connectivity index (χ0v) is 29.0. The Hall–Kier alpha value is 6.81. The van der Waals surface area contributed by atoms with Crippen LogP contribution in [0.2, 0.25) is 0 Å². The summed E-state index contributed by atoms with van der Waals surface area (Å²) in [6, 6.07) is 0. The molecule has 8 heavy (non-hydrogen) atoms. The molecule has 0 amide bonds. The van der Waals surface area contributed by atoms with E-state index in [-0.39, 0.29) is 203 Å². The van der Waals surface area contributed by atoms with Crippen LogP contribution in [0, 0.1) is 0 Å². The fourth-order valence-corrected chi connectivity index (χ4v) is 0. The van der Waals surface area contributed by atoms with E-state index in [1.165, 1.54) is 0 Å².